The number of nitrogens with zero attached hydrogens (tertiary/aromatic N) is 1. The zero-order chi connectivity index (χ0) is 16.1. The fourth-order valence-corrected chi connectivity index (χ4v) is 2.81. The predicted molar refractivity (Wildman–Crippen MR) is 87.6 cm³/mol. The second-order valence-electron chi connectivity index (χ2n) is 5.88. The second-order valence-corrected chi connectivity index (χ2v) is 5.88. The first kappa shape index (κ1) is 15.6. The molecule has 0 saturated carbocycles. The fraction of sp³-hybridized carbons (Fsp3) is 0.333. The van der Waals surface area contributed by atoms with E-state index in [-0.39, 0.29) is 11.7 Å². The van der Waals surface area contributed by atoms with Gasteiger partial charge in [0.25, 0.3) is 5.91 Å². The Morgan fingerprint density at radius 2 is 2.04 bits per heavy atom. The third-order valence-corrected chi connectivity index (χ3v) is 4.17. The standard InChI is InChI=1S/C18H20FN3O/c19-17-3-1-2-14(9-17)15-8-16(12-21-11-15)18(23)22-10-13-4-6-20-7-5-13/h1-3,8-9,11-13,20H,4-7,10H2,(H,22,23). The highest BCUT2D eigenvalue weighted by Crippen LogP contribution is 2.20. The van der Waals surface area contributed by atoms with Crippen LogP contribution < -0.4 is 10.6 Å². The zero-order valence-electron chi connectivity index (χ0n) is 12.9. The molecule has 1 amide bonds. The van der Waals surface area contributed by atoms with Gasteiger partial charge >= 0.3 is 0 Å². The molecule has 0 atom stereocenters. The van der Waals surface area contributed by atoms with Crippen molar-refractivity contribution in [2.45, 2.75) is 12.8 Å². The molecule has 1 aliphatic heterocycles. The van der Waals surface area contributed by atoms with E-state index in [1.165, 1.54) is 12.1 Å². The van der Waals surface area contributed by atoms with Crippen molar-refractivity contribution < 1.29 is 9.18 Å². The maximum Gasteiger partial charge on any atom is 0.252 e. The van der Waals surface area contributed by atoms with E-state index in [1.807, 2.05) is 0 Å². The fourth-order valence-electron chi connectivity index (χ4n) is 2.81. The summed E-state index contributed by atoms with van der Waals surface area (Å²) in [6, 6.07) is 8.03. The molecule has 3 rings (SSSR count). The van der Waals surface area contributed by atoms with Crippen LogP contribution in [0.4, 0.5) is 4.39 Å². The van der Waals surface area contributed by atoms with Gasteiger partial charge < -0.3 is 10.6 Å². The van der Waals surface area contributed by atoms with Crippen molar-refractivity contribution in [2.75, 3.05) is 19.6 Å². The lowest BCUT2D eigenvalue weighted by atomic mass is 9.98. The molecule has 2 heterocycles. The number of piperidine rings is 1. The minimum atomic E-state index is -0.303. The van der Waals surface area contributed by atoms with Crippen molar-refractivity contribution in [1.29, 1.82) is 0 Å². The third-order valence-electron chi connectivity index (χ3n) is 4.17. The van der Waals surface area contributed by atoms with Crippen molar-refractivity contribution in [3.63, 3.8) is 0 Å². The molecule has 4 nitrogen and oxygen atoms in total. The monoisotopic (exact) mass is 313 g/mol. The molecule has 2 N–H and O–H groups in total. The van der Waals surface area contributed by atoms with Gasteiger partial charge in [0.1, 0.15) is 5.82 Å². The van der Waals surface area contributed by atoms with Gasteiger partial charge in [-0.25, -0.2) is 4.39 Å². The number of nitrogens with one attached hydrogen (secondary N) is 2. The number of halogens is 1. The Hall–Kier alpha value is -2.27. The number of benzene rings is 1. The van der Waals surface area contributed by atoms with Crippen LogP contribution in [0.5, 0.6) is 0 Å². The zero-order valence-corrected chi connectivity index (χ0v) is 12.9. The summed E-state index contributed by atoms with van der Waals surface area (Å²) in [5, 5.41) is 6.29. The molecule has 1 aromatic carbocycles. The molecule has 5 heteroatoms. The van der Waals surface area contributed by atoms with Crippen molar-refractivity contribution in [3.05, 3.63) is 54.1 Å². The minimum Gasteiger partial charge on any atom is -0.352 e. The molecule has 0 aliphatic carbocycles. The molecule has 1 aromatic heterocycles. The highest BCUT2D eigenvalue weighted by Gasteiger charge is 2.15. The normalized spacial score (nSPS) is 15.3. The van der Waals surface area contributed by atoms with Crippen LogP contribution in [0.1, 0.15) is 23.2 Å². The van der Waals surface area contributed by atoms with Crippen molar-refractivity contribution in [1.82, 2.24) is 15.6 Å². The molecule has 1 aliphatic rings. The van der Waals surface area contributed by atoms with Crippen molar-refractivity contribution in [3.8, 4) is 11.1 Å². The average Bonchev–Trinajstić information content (AvgIpc) is 2.61. The Morgan fingerprint density at radius 3 is 2.83 bits per heavy atom. The van der Waals surface area contributed by atoms with Crippen LogP contribution >= 0.6 is 0 Å². The molecule has 0 unspecified atom stereocenters. The number of aromatic nitrogens is 1. The molecule has 1 fully saturated rings. The average molecular weight is 313 g/mol. The van der Waals surface area contributed by atoms with E-state index in [0.29, 0.717) is 23.6 Å². The molecule has 0 bridgehead atoms. The smallest absolute Gasteiger partial charge is 0.252 e. The van der Waals surface area contributed by atoms with Crippen LogP contribution in [0.25, 0.3) is 11.1 Å². The summed E-state index contributed by atoms with van der Waals surface area (Å²) in [4.78, 5) is 16.4. The van der Waals surface area contributed by atoms with Crippen molar-refractivity contribution in [2.24, 2.45) is 5.92 Å². The first-order chi connectivity index (χ1) is 11.2. The van der Waals surface area contributed by atoms with E-state index in [0.717, 1.165) is 31.5 Å². The SMILES string of the molecule is O=C(NCC1CCNCC1)c1cncc(-c2cccc(F)c2)c1. The Labute approximate surface area is 135 Å². The number of pyridine rings is 1. The second kappa shape index (κ2) is 7.33. The van der Waals surface area contributed by atoms with Gasteiger partial charge in [-0.15, -0.1) is 0 Å². The summed E-state index contributed by atoms with van der Waals surface area (Å²) in [6.45, 7) is 2.71. The summed E-state index contributed by atoms with van der Waals surface area (Å²) < 4.78 is 13.3. The summed E-state index contributed by atoms with van der Waals surface area (Å²) in [6.07, 6.45) is 5.35. The molecule has 2 aromatic rings. The van der Waals surface area contributed by atoms with E-state index >= 15 is 0 Å². The molecule has 0 spiro atoms. The van der Waals surface area contributed by atoms with E-state index in [9.17, 15) is 9.18 Å². The van der Waals surface area contributed by atoms with E-state index in [4.69, 9.17) is 0 Å². The van der Waals surface area contributed by atoms with Crippen LogP contribution in [0.2, 0.25) is 0 Å². The Balaban J connectivity index is 1.67. The first-order valence-corrected chi connectivity index (χ1v) is 7.92. The quantitative estimate of drug-likeness (QED) is 0.912. The molecular formula is C18H20FN3O. The summed E-state index contributed by atoms with van der Waals surface area (Å²) in [7, 11) is 0. The number of hydrogen-bond acceptors (Lipinski definition) is 3. The van der Waals surface area contributed by atoms with E-state index in [2.05, 4.69) is 15.6 Å². The lowest BCUT2D eigenvalue weighted by Gasteiger charge is -2.22. The molecule has 0 radical (unpaired) electrons. The highest BCUT2D eigenvalue weighted by molar-refractivity contribution is 5.95. The molecule has 120 valence electrons. The topological polar surface area (TPSA) is 54.0 Å². The van der Waals surface area contributed by atoms with E-state index < -0.39 is 0 Å². The Kier molecular flexibility index (Phi) is 4.98. The van der Waals surface area contributed by atoms with Gasteiger partial charge in [0.15, 0.2) is 0 Å². The summed E-state index contributed by atoms with van der Waals surface area (Å²) >= 11 is 0. The first-order valence-electron chi connectivity index (χ1n) is 7.92. The highest BCUT2D eigenvalue weighted by atomic mass is 19.1. The van der Waals surface area contributed by atoms with Gasteiger partial charge in [-0.3, -0.25) is 9.78 Å². The van der Waals surface area contributed by atoms with Crippen LogP contribution in [-0.4, -0.2) is 30.5 Å². The van der Waals surface area contributed by atoms with Crippen LogP contribution in [-0.2, 0) is 0 Å². The lowest BCUT2D eigenvalue weighted by molar-refractivity contribution is 0.0944. The van der Waals surface area contributed by atoms with Crippen LogP contribution in [0.3, 0.4) is 0 Å². The maximum atomic E-state index is 13.3. The van der Waals surface area contributed by atoms with Gasteiger partial charge in [0.2, 0.25) is 0 Å². The summed E-state index contributed by atoms with van der Waals surface area (Å²) in [5.41, 5.74) is 1.95. The Morgan fingerprint density at radius 1 is 1.22 bits per heavy atom. The number of amides is 1. The number of carbonyl (C=O) groups is 1. The number of rotatable bonds is 4. The third kappa shape index (κ3) is 4.13. The van der Waals surface area contributed by atoms with Gasteiger partial charge in [-0.1, -0.05) is 12.1 Å². The largest absolute Gasteiger partial charge is 0.352 e. The van der Waals surface area contributed by atoms with Gasteiger partial charge in [0, 0.05) is 24.5 Å². The molecule has 1 saturated heterocycles. The maximum absolute atomic E-state index is 13.3. The van der Waals surface area contributed by atoms with Crippen LogP contribution in [0, 0.1) is 11.7 Å². The Bertz CT molecular complexity index is 683. The number of hydrogen-bond donors (Lipinski definition) is 2. The van der Waals surface area contributed by atoms with Gasteiger partial charge in [0.05, 0.1) is 5.56 Å². The molecule has 23 heavy (non-hydrogen) atoms. The summed E-state index contributed by atoms with van der Waals surface area (Å²) in [5.74, 6) is 0.0945. The van der Waals surface area contributed by atoms with Gasteiger partial charge in [-0.2, -0.15) is 0 Å². The van der Waals surface area contributed by atoms with Gasteiger partial charge in [-0.05, 0) is 55.6 Å². The van der Waals surface area contributed by atoms with Crippen LogP contribution in [0.15, 0.2) is 42.7 Å². The van der Waals surface area contributed by atoms with Crippen molar-refractivity contribution >= 4 is 5.91 Å². The van der Waals surface area contributed by atoms with E-state index in [1.54, 1.807) is 30.6 Å². The number of carbonyl (C=O) groups excluding carboxylic acids is 1. The predicted octanol–water partition coefficient (Wildman–Crippen LogP) is 2.62. The molecular weight excluding hydrogens is 293 g/mol. The minimum absolute atomic E-state index is 0.130. The lowest BCUT2D eigenvalue weighted by Crippen LogP contribution is -2.36.